The van der Waals surface area contributed by atoms with E-state index >= 15 is 0 Å². The Kier molecular flexibility index (Phi) is 9.56. The van der Waals surface area contributed by atoms with E-state index in [0.717, 1.165) is 11.1 Å². The second-order valence-corrected chi connectivity index (χ2v) is 13.8. The molecule has 208 valence electrons. The zero-order chi connectivity index (χ0) is 28.4. The predicted molar refractivity (Wildman–Crippen MR) is 151 cm³/mol. The van der Waals surface area contributed by atoms with Crippen LogP contribution in [0.15, 0.2) is 48.5 Å². The van der Waals surface area contributed by atoms with Crippen molar-refractivity contribution in [3.63, 3.8) is 0 Å². The number of hydrogen-bond donors (Lipinski definition) is 2. The molecule has 2 N–H and O–H groups in total. The van der Waals surface area contributed by atoms with Crippen LogP contribution in [0, 0.1) is 5.41 Å². The van der Waals surface area contributed by atoms with Gasteiger partial charge in [-0.2, -0.15) is 0 Å². The lowest BCUT2D eigenvalue weighted by atomic mass is 9.66. The molecule has 0 spiro atoms. The molecule has 1 amide bonds. The zero-order valence-electron chi connectivity index (χ0n) is 22.3. The molecule has 0 aromatic heterocycles. The van der Waals surface area contributed by atoms with Crippen molar-refractivity contribution in [1.82, 2.24) is 9.62 Å². The van der Waals surface area contributed by atoms with Crippen LogP contribution >= 0.6 is 23.2 Å². The molecule has 0 radical (unpaired) electrons. The third kappa shape index (κ3) is 6.53. The molecule has 0 aliphatic carbocycles. The van der Waals surface area contributed by atoms with Gasteiger partial charge in [0.1, 0.15) is 0 Å². The fourth-order valence-corrected chi connectivity index (χ4v) is 6.78. The van der Waals surface area contributed by atoms with Crippen molar-refractivity contribution in [1.29, 1.82) is 0 Å². The average molecular weight is 584 g/mol. The first kappa shape index (κ1) is 30.4. The van der Waals surface area contributed by atoms with Crippen LogP contribution in [0.25, 0.3) is 0 Å². The van der Waals surface area contributed by atoms with E-state index in [1.54, 1.807) is 50.8 Å². The third-order valence-electron chi connectivity index (χ3n) is 7.46. The summed E-state index contributed by atoms with van der Waals surface area (Å²) >= 11 is 12.6. The second kappa shape index (κ2) is 11.9. The fraction of sp³-hybridized carbons (Fsp3) is 0.500. The van der Waals surface area contributed by atoms with Crippen LogP contribution in [0.2, 0.25) is 10.0 Å². The molecule has 1 unspecified atom stereocenters. The van der Waals surface area contributed by atoms with Gasteiger partial charge in [-0.15, -0.1) is 0 Å². The quantitative estimate of drug-likeness (QED) is 0.356. The molecule has 2 aromatic carbocycles. The summed E-state index contributed by atoms with van der Waals surface area (Å²) in [6.45, 7) is 8.52. The Morgan fingerprint density at radius 2 is 1.74 bits per heavy atom. The first-order chi connectivity index (χ1) is 17.7. The molecule has 0 bridgehead atoms. The Morgan fingerprint density at radius 1 is 1.11 bits per heavy atom. The number of halogens is 2. The molecule has 7 nitrogen and oxygen atoms in total. The number of nitrogens with zero attached hydrogens (tertiary/aromatic N) is 1. The number of rotatable bonds is 10. The molecule has 1 aliphatic heterocycles. The summed E-state index contributed by atoms with van der Waals surface area (Å²) in [4.78, 5) is 28.0. The standard InChI is InChI=1S/C28H36Cl2N2O5S/c1-6-24(18(4)31-38(36,37)17(2)3)32-26(19-10-12-21(29)13-11-19)23(20-8-7-9-22(30)14-20)15-28(5,27(32)35)16-25(33)34/h7-14,17-18,23-24,26,31H,6,15-16H2,1-5H3,(H,33,34)/t18?,23-,24+,26-,28+/m1/s1. The largest absolute Gasteiger partial charge is 0.481 e. The number of aliphatic carboxylic acids is 1. The highest BCUT2D eigenvalue weighted by molar-refractivity contribution is 7.90. The number of amides is 1. The number of carboxylic acids is 1. The highest BCUT2D eigenvalue weighted by atomic mass is 35.5. The first-order valence-corrected chi connectivity index (χ1v) is 15.1. The summed E-state index contributed by atoms with van der Waals surface area (Å²) in [6, 6.07) is 12.9. The smallest absolute Gasteiger partial charge is 0.304 e. The van der Waals surface area contributed by atoms with E-state index in [1.165, 1.54) is 0 Å². The van der Waals surface area contributed by atoms with Crippen molar-refractivity contribution < 1.29 is 23.1 Å². The highest BCUT2D eigenvalue weighted by Crippen LogP contribution is 2.52. The van der Waals surface area contributed by atoms with E-state index in [9.17, 15) is 23.1 Å². The fourth-order valence-electron chi connectivity index (χ4n) is 5.51. The highest BCUT2D eigenvalue weighted by Gasteiger charge is 2.53. The van der Waals surface area contributed by atoms with Crippen molar-refractivity contribution in [3.05, 3.63) is 69.7 Å². The number of nitrogens with one attached hydrogen (secondary N) is 1. The maximum Gasteiger partial charge on any atom is 0.304 e. The minimum absolute atomic E-state index is 0.283. The minimum Gasteiger partial charge on any atom is -0.481 e. The zero-order valence-corrected chi connectivity index (χ0v) is 24.6. The number of piperidine rings is 1. The van der Waals surface area contributed by atoms with Crippen LogP contribution < -0.4 is 4.72 Å². The molecule has 1 aliphatic rings. The lowest BCUT2D eigenvalue weighted by Gasteiger charge is -2.53. The molecule has 1 fully saturated rings. The Balaban J connectivity index is 2.25. The molecule has 0 saturated carbocycles. The summed E-state index contributed by atoms with van der Waals surface area (Å²) in [5, 5.41) is 10.2. The van der Waals surface area contributed by atoms with E-state index < -0.39 is 44.8 Å². The van der Waals surface area contributed by atoms with Gasteiger partial charge in [0.05, 0.1) is 23.1 Å². The minimum atomic E-state index is -3.63. The van der Waals surface area contributed by atoms with Crippen LogP contribution in [0.4, 0.5) is 0 Å². The molecule has 1 heterocycles. The van der Waals surface area contributed by atoms with Gasteiger partial charge in [-0.25, -0.2) is 13.1 Å². The van der Waals surface area contributed by atoms with Crippen LogP contribution in [-0.2, 0) is 19.6 Å². The van der Waals surface area contributed by atoms with Gasteiger partial charge in [0.15, 0.2) is 0 Å². The molecule has 1 saturated heterocycles. The Morgan fingerprint density at radius 3 is 2.26 bits per heavy atom. The van der Waals surface area contributed by atoms with E-state index in [-0.39, 0.29) is 24.7 Å². The average Bonchev–Trinajstić information content (AvgIpc) is 2.82. The van der Waals surface area contributed by atoms with Crippen LogP contribution in [0.3, 0.4) is 0 Å². The van der Waals surface area contributed by atoms with Crippen LogP contribution in [0.1, 0.15) is 77.0 Å². The van der Waals surface area contributed by atoms with Gasteiger partial charge in [-0.1, -0.05) is 61.3 Å². The predicted octanol–water partition coefficient (Wildman–Crippen LogP) is 6.03. The summed E-state index contributed by atoms with van der Waals surface area (Å²) in [5.41, 5.74) is 0.477. The van der Waals surface area contributed by atoms with Gasteiger partial charge >= 0.3 is 5.97 Å². The van der Waals surface area contributed by atoms with Gasteiger partial charge in [-0.05, 0) is 69.0 Å². The lowest BCUT2D eigenvalue weighted by molar-refractivity contribution is -0.161. The SMILES string of the molecule is CC[C@@H](C(C)NS(=O)(=O)C(C)C)N1C(=O)[C@](C)(CC(=O)O)C[C@H](c2cccc(Cl)c2)[C@H]1c1ccc(Cl)cc1. The maximum absolute atomic E-state index is 14.3. The number of hydrogen-bond acceptors (Lipinski definition) is 4. The molecule has 38 heavy (non-hydrogen) atoms. The maximum atomic E-state index is 14.3. The summed E-state index contributed by atoms with van der Waals surface area (Å²) in [6.07, 6.45) is 0.378. The van der Waals surface area contributed by atoms with Gasteiger partial charge < -0.3 is 10.0 Å². The van der Waals surface area contributed by atoms with E-state index in [0.29, 0.717) is 16.5 Å². The Hall–Kier alpha value is -2.13. The number of likely N-dealkylation sites (tertiary alicyclic amines) is 1. The Labute approximate surface area is 235 Å². The van der Waals surface area contributed by atoms with Crippen molar-refractivity contribution in [3.8, 4) is 0 Å². The number of carbonyl (C=O) groups is 2. The van der Waals surface area contributed by atoms with Crippen molar-refractivity contribution in [2.24, 2.45) is 5.41 Å². The number of carbonyl (C=O) groups excluding carboxylic acids is 1. The molecule has 5 atom stereocenters. The molecular formula is C28H36Cl2N2O5S. The van der Waals surface area contributed by atoms with Gasteiger partial charge in [0.2, 0.25) is 15.9 Å². The third-order valence-corrected chi connectivity index (χ3v) is 9.88. The van der Waals surface area contributed by atoms with Gasteiger partial charge in [0.25, 0.3) is 0 Å². The van der Waals surface area contributed by atoms with Crippen LogP contribution in [0.5, 0.6) is 0 Å². The topological polar surface area (TPSA) is 104 Å². The lowest BCUT2D eigenvalue weighted by Crippen LogP contribution is -2.60. The number of sulfonamides is 1. The van der Waals surface area contributed by atoms with Crippen molar-refractivity contribution >= 4 is 45.1 Å². The van der Waals surface area contributed by atoms with Crippen molar-refractivity contribution in [2.45, 2.75) is 83.2 Å². The Bertz CT molecular complexity index is 1270. The monoisotopic (exact) mass is 582 g/mol. The number of benzene rings is 2. The van der Waals surface area contributed by atoms with Crippen LogP contribution in [-0.4, -0.2) is 47.6 Å². The second-order valence-electron chi connectivity index (χ2n) is 10.7. The van der Waals surface area contributed by atoms with Gasteiger partial charge in [0, 0.05) is 28.0 Å². The molecule has 3 rings (SSSR count). The summed E-state index contributed by atoms with van der Waals surface area (Å²) < 4.78 is 28.3. The normalized spacial score (nSPS) is 23.9. The molecule has 10 heteroatoms. The van der Waals surface area contributed by atoms with Crippen molar-refractivity contribution in [2.75, 3.05) is 0 Å². The number of carboxylic acid groups (broad SMARTS) is 1. The molecular weight excluding hydrogens is 547 g/mol. The van der Waals surface area contributed by atoms with E-state index in [1.807, 2.05) is 37.3 Å². The van der Waals surface area contributed by atoms with E-state index in [4.69, 9.17) is 23.2 Å². The summed E-state index contributed by atoms with van der Waals surface area (Å²) in [7, 11) is -3.63. The van der Waals surface area contributed by atoms with E-state index in [2.05, 4.69) is 4.72 Å². The van der Waals surface area contributed by atoms with Gasteiger partial charge in [-0.3, -0.25) is 9.59 Å². The summed E-state index contributed by atoms with van der Waals surface area (Å²) in [5.74, 6) is -1.70. The molecule has 2 aromatic rings. The first-order valence-electron chi connectivity index (χ1n) is 12.8.